The second-order valence-corrected chi connectivity index (χ2v) is 9.68. The van der Waals surface area contributed by atoms with Crippen molar-refractivity contribution in [3.63, 3.8) is 0 Å². The molecule has 2 fully saturated rings. The van der Waals surface area contributed by atoms with Gasteiger partial charge in [0.15, 0.2) is 5.76 Å². The van der Waals surface area contributed by atoms with Crippen LogP contribution in [-0.2, 0) is 14.8 Å². The molecule has 2 aliphatic rings. The first-order valence-corrected chi connectivity index (χ1v) is 11.2. The number of likely N-dealkylation sites (tertiary alicyclic amines) is 1. The van der Waals surface area contributed by atoms with E-state index in [1.165, 1.54) is 0 Å². The molecule has 1 saturated carbocycles. The molecule has 1 aliphatic carbocycles. The smallest absolute Gasteiger partial charge is 0.246 e. The maximum atomic E-state index is 13.4. The number of nitrogens with zero attached hydrogens (tertiary/aromatic N) is 2. The number of aromatic nitrogens is 1. The number of aryl methyl sites for hydroxylation is 2. The summed E-state index contributed by atoms with van der Waals surface area (Å²) in [5.74, 6) is 0.358. The van der Waals surface area contributed by atoms with E-state index in [1.807, 2.05) is 6.92 Å². The first kappa shape index (κ1) is 20.3. The Labute approximate surface area is 160 Å². The number of rotatable bonds is 5. The van der Waals surface area contributed by atoms with Crippen LogP contribution in [0.1, 0.15) is 56.9 Å². The molecular formula is C18H30N4O4S. The minimum Gasteiger partial charge on any atom is -0.360 e. The predicted molar refractivity (Wildman–Crippen MR) is 100 cm³/mol. The highest BCUT2D eigenvalue weighted by Gasteiger charge is 2.48. The van der Waals surface area contributed by atoms with E-state index in [0.717, 1.165) is 25.7 Å². The van der Waals surface area contributed by atoms with Crippen LogP contribution in [0.2, 0.25) is 0 Å². The number of amides is 1. The summed E-state index contributed by atoms with van der Waals surface area (Å²) in [5, 5.41) is 3.74. The third-order valence-electron chi connectivity index (χ3n) is 5.92. The zero-order valence-electron chi connectivity index (χ0n) is 16.3. The van der Waals surface area contributed by atoms with Gasteiger partial charge in [0.1, 0.15) is 16.1 Å². The van der Waals surface area contributed by atoms with Gasteiger partial charge in [-0.05, 0) is 52.4 Å². The number of hydrogen-bond donors (Lipinski definition) is 2. The molecule has 1 amide bonds. The zero-order valence-corrected chi connectivity index (χ0v) is 17.1. The van der Waals surface area contributed by atoms with Crippen molar-refractivity contribution in [3.8, 4) is 0 Å². The van der Waals surface area contributed by atoms with E-state index >= 15 is 0 Å². The van der Waals surface area contributed by atoms with Gasteiger partial charge in [0.2, 0.25) is 15.9 Å². The van der Waals surface area contributed by atoms with E-state index < -0.39 is 15.6 Å². The maximum absolute atomic E-state index is 13.4. The topological polar surface area (TPSA) is 119 Å². The fraction of sp³-hybridized carbons (Fsp3) is 0.778. The van der Waals surface area contributed by atoms with Crippen molar-refractivity contribution in [2.24, 2.45) is 11.7 Å². The molecule has 0 spiro atoms. The minimum absolute atomic E-state index is 0.0131. The molecule has 2 unspecified atom stereocenters. The van der Waals surface area contributed by atoms with Crippen molar-refractivity contribution in [2.75, 3.05) is 13.1 Å². The van der Waals surface area contributed by atoms with Gasteiger partial charge in [0.05, 0.1) is 0 Å². The molecule has 27 heavy (non-hydrogen) atoms. The van der Waals surface area contributed by atoms with Gasteiger partial charge in [0.25, 0.3) is 0 Å². The second-order valence-electron chi connectivity index (χ2n) is 8.06. The SMILES string of the molecule is Cc1noc(C)c1S(=O)(=O)NC1(C(=O)N2CCCC(C(C)N)C2)CCCC1. The lowest BCUT2D eigenvalue weighted by Gasteiger charge is -2.40. The molecule has 1 saturated heterocycles. The summed E-state index contributed by atoms with van der Waals surface area (Å²) in [7, 11) is -3.91. The number of nitrogens with two attached hydrogens (primary N) is 1. The molecule has 0 radical (unpaired) electrons. The molecule has 2 atom stereocenters. The third kappa shape index (κ3) is 3.90. The highest BCUT2D eigenvalue weighted by Crippen LogP contribution is 2.35. The summed E-state index contributed by atoms with van der Waals surface area (Å²) in [6.45, 7) is 6.36. The average Bonchev–Trinajstić information content (AvgIpc) is 3.21. The van der Waals surface area contributed by atoms with Gasteiger partial charge in [-0.15, -0.1) is 0 Å². The van der Waals surface area contributed by atoms with Crippen molar-refractivity contribution >= 4 is 15.9 Å². The van der Waals surface area contributed by atoms with Gasteiger partial charge in [-0.2, -0.15) is 4.72 Å². The average molecular weight is 399 g/mol. The fourth-order valence-corrected chi connectivity index (χ4v) is 6.18. The predicted octanol–water partition coefficient (Wildman–Crippen LogP) is 1.47. The van der Waals surface area contributed by atoms with E-state index in [-0.39, 0.29) is 28.5 Å². The van der Waals surface area contributed by atoms with Gasteiger partial charge in [-0.3, -0.25) is 4.79 Å². The van der Waals surface area contributed by atoms with Crippen LogP contribution in [0.5, 0.6) is 0 Å². The van der Waals surface area contributed by atoms with Crippen LogP contribution < -0.4 is 10.5 Å². The Morgan fingerprint density at radius 3 is 2.56 bits per heavy atom. The van der Waals surface area contributed by atoms with Gasteiger partial charge >= 0.3 is 0 Å². The van der Waals surface area contributed by atoms with E-state index in [9.17, 15) is 13.2 Å². The highest BCUT2D eigenvalue weighted by atomic mass is 32.2. The molecule has 8 nitrogen and oxygen atoms in total. The number of carbonyl (C=O) groups is 1. The van der Waals surface area contributed by atoms with Crippen LogP contribution in [-0.4, -0.2) is 49.1 Å². The number of sulfonamides is 1. The Morgan fingerprint density at radius 2 is 2.00 bits per heavy atom. The Kier molecular flexibility index (Phi) is 5.65. The molecule has 0 bridgehead atoms. The van der Waals surface area contributed by atoms with Crippen LogP contribution in [0, 0.1) is 19.8 Å². The molecule has 152 valence electrons. The summed E-state index contributed by atoms with van der Waals surface area (Å²) in [6.07, 6.45) is 4.55. The first-order chi connectivity index (χ1) is 12.7. The third-order valence-corrected chi connectivity index (χ3v) is 7.70. The monoisotopic (exact) mass is 398 g/mol. The van der Waals surface area contributed by atoms with Crippen molar-refractivity contribution in [2.45, 2.75) is 75.8 Å². The van der Waals surface area contributed by atoms with Gasteiger partial charge < -0.3 is 15.2 Å². The van der Waals surface area contributed by atoms with Crippen molar-refractivity contribution in [3.05, 3.63) is 11.5 Å². The van der Waals surface area contributed by atoms with Crippen LogP contribution in [0.4, 0.5) is 0 Å². The summed E-state index contributed by atoms with van der Waals surface area (Å²) in [4.78, 5) is 15.3. The lowest BCUT2D eigenvalue weighted by Crippen LogP contribution is -2.60. The number of hydrogen-bond acceptors (Lipinski definition) is 6. The number of nitrogens with one attached hydrogen (secondary N) is 1. The standard InChI is InChI=1S/C18H30N4O4S/c1-12(19)15-7-6-10-22(11-15)17(23)18(8-4-5-9-18)21-27(24,25)16-13(2)20-26-14(16)3/h12,15,21H,4-11,19H2,1-3H3. The van der Waals surface area contributed by atoms with E-state index in [4.69, 9.17) is 10.3 Å². The molecule has 0 aromatic carbocycles. The summed E-state index contributed by atoms with van der Waals surface area (Å²) >= 11 is 0. The quantitative estimate of drug-likeness (QED) is 0.775. The van der Waals surface area contributed by atoms with Crippen molar-refractivity contribution < 1.29 is 17.7 Å². The Balaban J connectivity index is 1.87. The lowest BCUT2D eigenvalue weighted by atomic mass is 9.89. The first-order valence-electron chi connectivity index (χ1n) is 9.68. The highest BCUT2D eigenvalue weighted by molar-refractivity contribution is 7.89. The minimum atomic E-state index is -3.91. The number of piperidine rings is 1. The van der Waals surface area contributed by atoms with Crippen molar-refractivity contribution in [1.82, 2.24) is 14.8 Å². The molecule has 1 aromatic heterocycles. The van der Waals surface area contributed by atoms with Gasteiger partial charge in [-0.25, -0.2) is 8.42 Å². The molecule has 3 N–H and O–H groups in total. The summed E-state index contributed by atoms with van der Waals surface area (Å²) in [5.41, 5.74) is 5.26. The van der Waals surface area contributed by atoms with Crippen LogP contribution >= 0.6 is 0 Å². The molecule has 3 rings (SSSR count). The zero-order chi connectivity index (χ0) is 19.8. The Bertz CT molecular complexity index is 777. The van der Waals surface area contributed by atoms with E-state index in [0.29, 0.717) is 31.6 Å². The van der Waals surface area contributed by atoms with E-state index in [1.54, 1.807) is 18.7 Å². The molecule has 1 aromatic rings. The van der Waals surface area contributed by atoms with Crippen LogP contribution in [0.25, 0.3) is 0 Å². The molecule has 1 aliphatic heterocycles. The van der Waals surface area contributed by atoms with Crippen LogP contribution in [0.15, 0.2) is 9.42 Å². The Morgan fingerprint density at radius 1 is 1.33 bits per heavy atom. The summed E-state index contributed by atoms with van der Waals surface area (Å²) in [6, 6.07) is 0.0131. The molecular weight excluding hydrogens is 368 g/mol. The fourth-order valence-electron chi connectivity index (χ4n) is 4.43. The lowest BCUT2D eigenvalue weighted by molar-refractivity contribution is -0.139. The Hall–Kier alpha value is -1.45. The summed E-state index contributed by atoms with van der Waals surface area (Å²) < 4.78 is 33.9. The van der Waals surface area contributed by atoms with Gasteiger partial charge in [-0.1, -0.05) is 18.0 Å². The molecule has 9 heteroatoms. The maximum Gasteiger partial charge on any atom is 0.246 e. The normalized spacial score (nSPS) is 24.1. The van der Waals surface area contributed by atoms with Crippen molar-refractivity contribution in [1.29, 1.82) is 0 Å². The largest absolute Gasteiger partial charge is 0.360 e. The second kappa shape index (κ2) is 7.52. The van der Waals surface area contributed by atoms with Crippen LogP contribution in [0.3, 0.4) is 0 Å². The molecule has 2 heterocycles. The van der Waals surface area contributed by atoms with Gasteiger partial charge in [0, 0.05) is 19.1 Å². The van der Waals surface area contributed by atoms with E-state index in [2.05, 4.69) is 9.88 Å². The number of carbonyl (C=O) groups excluding carboxylic acids is 1.